The second-order valence-electron chi connectivity index (χ2n) is 8.63. The SMILES string of the molecule is CC1CCC2(CC1)CN(CC1(C#N)CCC(C)(F)CC1)C2. The van der Waals surface area contributed by atoms with Crippen molar-refractivity contribution in [3.63, 3.8) is 0 Å². The van der Waals surface area contributed by atoms with E-state index >= 15 is 0 Å². The average Bonchev–Trinajstić information content (AvgIpc) is 2.42. The van der Waals surface area contributed by atoms with Gasteiger partial charge in [0.2, 0.25) is 0 Å². The van der Waals surface area contributed by atoms with Crippen molar-refractivity contribution in [2.75, 3.05) is 19.6 Å². The Morgan fingerprint density at radius 1 is 1.10 bits per heavy atom. The fourth-order valence-corrected chi connectivity index (χ4v) is 4.69. The smallest absolute Gasteiger partial charge is 0.108 e. The van der Waals surface area contributed by atoms with Gasteiger partial charge in [-0.25, -0.2) is 4.39 Å². The molecule has 3 aliphatic rings. The van der Waals surface area contributed by atoms with E-state index in [1.165, 1.54) is 38.8 Å². The lowest BCUT2D eigenvalue weighted by molar-refractivity contribution is -0.0605. The first-order chi connectivity index (χ1) is 9.86. The van der Waals surface area contributed by atoms with Gasteiger partial charge >= 0.3 is 0 Å². The van der Waals surface area contributed by atoms with Gasteiger partial charge in [-0.1, -0.05) is 19.8 Å². The second-order valence-corrected chi connectivity index (χ2v) is 8.63. The predicted octanol–water partition coefficient (Wildman–Crippen LogP) is 4.31. The molecule has 0 aromatic rings. The Morgan fingerprint density at radius 2 is 1.67 bits per heavy atom. The van der Waals surface area contributed by atoms with Crippen molar-refractivity contribution < 1.29 is 4.39 Å². The highest BCUT2D eigenvalue weighted by molar-refractivity contribution is 5.08. The molecule has 1 aliphatic heterocycles. The first kappa shape index (κ1) is 15.3. The number of hydrogen-bond acceptors (Lipinski definition) is 2. The third-order valence-corrected chi connectivity index (χ3v) is 6.47. The largest absolute Gasteiger partial charge is 0.301 e. The van der Waals surface area contributed by atoms with Crippen molar-refractivity contribution in [2.24, 2.45) is 16.7 Å². The summed E-state index contributed by atoms with van der Waals surface area (Å²) in [5.74, 6) is 0.899. The lowest BCUT2D eigenvalue weighted by atomic mass is 9.64. The standard InChI is InChI=1S/C18H29FN2/c1-15-3-5-18(6-4-15)13-21(14-18)12-17(11-20)9-7-16(2,19)8-10-17/h15H,3-10,12-14H2,1-2H3. The summed E-state index contributed by atoms with van der Waals surface area (Å²) in [6.45, 7) is 7.28. The van der Waals surface area contributed by atoms with Crippen molar-refractivity contribution in [2.45, 2.75) is 70.9 Å². The van der Waals surface area contributed by atoms with Crippen LogP contribution in [0.5, 0.6) is 0 Å². The normalized spacial score (nSPS) is 40.7. The summed E-state index contributed by atoms with van der Waals surface area (Å²) >= 11 is 0. The molecule has 3 fully saturated rings. The van der Waals surface area contributed by atoms with Crippen LogP contribution >= 0.6 is 0 Å². The summed E-state index contributed by atoms with van der Waals surface area (Å²) in [4.78, 5) is 2.47. The van der Waals surface area contributed by atoms with Gasteiger partial charge in [-0.2, -0.15) is 5.26 Å². The van der Waals surface area contributed by atoms with E-state index in [2.05, 4.69) is 17.9 Å². The van der Waals surface area contributed by atoms with Gasteiger partial charge < -0.3 is 4.90 Å². The summed E-state index contributed by atoms with van der Waals surface area (Å²) in [5.41, 5.74) is -0.766. The lowest BCUT2D eigenvalue weighted by Gasteiger charge is -2.55. The maximum absolute atomic E-state index is 14.0. The Labute approximate surface area is 128 Å². The van der Waals surface area contributed by atoms with Crippen molar-refractivity contribution in [3.8, 4) is 6.07 Å². The zero-order valence-electron chi connectivity index (χ0n) is 13.6. The minimum Gasteiger partial charge on any atom is -0.301 e. The van der Waals surface area contributed by atoms with Crippen LogP contribution in [0, 0.1) is 28.1 Å². The molecule has 21 heavy (non-hydrogen) atoms. The van der Waals surface area contributed by atoms with Crippen LogP contribution in [0.2, 0.25) is 0 Å². The number of halogens is 1. The molecular weight excluding hydrogens is 263 g/mol. The van der Waals surface area contributed by atoms with E-state index in [-0.39, 0.29) is 5.41 Å². The summed E-state index contributed by atoms with van der Waals surface area (Å²) in [7, 11) is 0. The maximum Gasteiger partial charge on any atom is 0.108 e. The molecule has 3 rings (SSSR count). The molecule has 1 spiro atoms. The molecule has 0 unspecified atom stereocenters. The molecule has 0 bridgehead atoms. The van der Waals surface area contributed by atoms with Crippen LogP contribution in [-0.4, -0.2) is 30.2 Å². The van der Waals surface area contributed by atoms with Crippen molar-refractivity contribution in [1.29, 1.82) is 5.26 Å². The zero-order chi connectivity index (χ0) is 15.1. The lowest BCUT2D eigenvalue weighted by Crippen LogP contribution is -2.60. The van der Waals surface area contributed by atoms with Crippen LogP contribution in [-0.2, 0) is 0 Å². The fraction of sp³-hybridized carbons (Fsp3) is 0.944. The van der Waals surface area contributed by atoms with Gasteiger partial charge in [0.25, 0.3) is 0 Å². The summed E-state index contributed by atoms with van der Waals surface area (Å²) in [5, 5.41) is 9.62. The molecular formula is C18H29FN2. The van der Waals surface area contributed by atoms with E-state index in [1.54, 1.807) is 6.92 Å². The first-order valence-electron chi connectivity index (χ1n) is 8.69. The van der Waals surface area contributed by atoms with E-state index in [1.807, 2.05) is 0 Å². The molecule has 2 nitrogen and oxygen atoms in total. The quantitative estimate of drug-likeness (QED) is 0.758. The molecule has 3 heteroatoms. The summed E-state index contributed by atoms with van der Waals surface area (Å²) in [6.07, 6.45) is 8.05. The number of likely N-dealkylation sites (tertiary alicyclic amines) is 1. The van der Waals surface area contributed by atoms with Crippen LogP contribution in [0.1, 0.15) is 65.2 Å². The van der Waals surface area contributed by atoms with Gasteiger partial charge in [-0.05, 0) is 56.8 Å². The Morgan fingerprint density at radius 3 is 2.19 bits per heavy atom. The highest BCUT2D eigenvalue weighted by atomic mass is 19.1. The number of nitrogens with zero attached hydrogens (tertiary/aromatic N) is 2. The predicted molar refractivity (Wildman–Crippen MR) is 82.5 cm³/mol. The molecule has 2 aliphatic carbocycles. The Bertz CT molecular complexity index is 411. The van der Waals surface area contributed by atoms with Gasteiger partial charge in [0.15, 0.2) is 0 Å². The average molecular weight is 292 g/mol. The Kier molecular flexibility index (Phi) is 3.81. The van der Waals surface area contributed by atoms with E-state index < -0.39 is 5.67 Å². The first-order valence-corrected chi connectivity index (χ1v) is 8.69. The molecule has 2 saturated carbocycles. The van der Waals surface area contributed by atoms with Gasteiger partial charge in [0.05, 0.1) is 11.5 Å². The molecule has 0 aromatic heterocycles. The van der Waals surface area contributed by atoms with Crippen LogP contribution in [0.3, 0.4) is 0 Å². The monoisotopic (exact) mass is 292 g/mol. The molecule has 0 N–H and O–H groups in total. The Balaban J connectivity index is 1.53. The Hall–Kier alpha value is -0.620. The molecule has 1 heterocycles. The fourth-order valence-electron chi connectivity index (χ4n) is 4.69. The van der Waals surface area contributed by atoms with E-state index in [0.29, 0.717) is 18.3 Å². The number of hydrogen-bond donors (Lipinski definition) is 0. The third-order valence-electron chi connectivity index (χ3n) is 6.47. The van der Waals surface area contributed by atoms with Gasteiger partial charge in [0, 0.05) is 19.6 Å². The number of nitriles is 1. The third kappa shape index (κ3) is 3.11. The zero-order valence-corrected chi connectivity index (χ0v) is 13.6. The molecule has 0 aromatic carbocycles. The van der Waals surface area contributed by atoms with E-state index in [4.69, 9.17) is 0 Å². The summed E-state index contributed by atoms with van der Waals surface area (Å²) < 4.78 is 14.0. The topological polar surface area (TPSA) is 27.0 Å². The highest BCUT2D eigenvalue weighted by Crippen LogP contribution is 2.48. The van der Waals surface area contributed by atoms with Crippen molar-refractivity contribution in [1.82, 2.24) is 4.90 Å². The molecule has 118 valence electrons. The van der Waals surface area contributed by atoms with Crippen LogP contribution in [0.4, 0.5) is 4.39 Å². The second kappa shape index (κ2) is 5.23. The number of rotatable bonds is 2. The summed E-state index contributed by atoms with van der Waals surface area (Å²) in [6, 6.07) is 2.54. The highest BCUT2D eigenvalue weighted by Gasteiger charge is 2.48. The van der Waals surface area contributed by atoms with Crippen molar-refractivity contribution in [3.05, 3.63) is 0 Å². The molecule has 0 amide bonds. The van der Waals surface area contributed by atoms with E-state index in [0.717, 1.165) is 25.3 Å². The van der Waals surface area contributed by atoms with Crippen LogP contribution in [0.15, 0.2) is 0 Å². The minimum atomic E-state index is -1.05. The van der Waals surface area contributed by atoms with Gasteiger partial charge in [-0.3, -0.25) is 0 Å². The van der Waals surface area contributed by atoms with Crippen LogP contribution in [0.25, 0.3) is 0 Å². The van der Waals surface area contributed by atoms with Crippen molar-refractivity contribution >= 4 is 0 Å². The minimum absolute atomic E-state index is 0.283. The number of alkyl halides is 1. The van der Waals surface area contributed by atoms with E-state index in [9.17, 15) is 9.65 Å². The molecule has 0 radical (unpaired) electrons. The van der Waals surface area contributed by atoms with Crippen LogP contribution < -0.4 is 0 Å². The molecule has 1 saturated heterocycles. The molecule has 0 atom stereocenters. The van der Waals surface area contributed by atoms with Gasteiger partial charge in [0.1, 0.15) is 5.67 Å². The maximum atomic E-state index is 14.0. The van der Waals surface area contributed by atoms with Gasteiger partial charge in [-0.15, -0.1) is 0 Å².